The van der Waals surface area contributed by atoms with E-state index in [4.69, 9.17) is 0 Å². The van der Waals surface area contributed by atoms with Crippen LogP contribution in [0.1, 0.15) is 49.8 Å². The van der Waals surface area contributed by atoms with Crippen LogP contribution in [0.3, 0.4) is 0 Å². The average molecular weight is 296 g/mol. The molecule has 4 heteroatoms. The summed E-state index contributed by atoms with van der Waals surface area (Å²) in [5.74, 6) is -0.770. The molecule has 2 nitrogen and oxygen atoms in total. The highest BCUT2D eigenvalue weighted by molar-refractivity contribution is 5.29. The monoisotopic (exact) mass is 296 g/mol. The molecule has 1 aromatic carbocycles. The molecule has 1 saturated heterocycles. The van der Waals surface area contributed by atoms with Crippen LogP contribution in [0.2, 0.25) is 0 Å². The number of rotatable bonds is 6. The van der Waals surface area contributed by atoms with E-state index in [0.717, 1.165) is 51.9 Å². The zero-order chi connectivity index (χ0) is 15.2. The molecule has 0 radical (unpaired) electrons. The number of hydrogen-bond acceptors (Lipinski definition) is 2. The van der Waals surface area contributed by atoms with Crippen LogP contribution in [0.25, 0.3) is 0 Å². The molecule has 0 spiro atoms. The van der Waals surface area contributed by atoms with Crippen LogP contribution in [-0.4, -0.2) is 31.1 Å². The second-order valence-corrected chi connectivity index (χ2v) is 5.89. The van der Waals surface area contributed by atoms with Gasteiger partial charge in [0.05, 0.1) is 0 Å². The van der Waals surface area contributed by atoms with Gasteiger partial charge in [-0.05, 0) is 25.0 Å². The molecule has 1 aromatic rings. The molecule has 0 aliphatic carbocycles. The van der Waals surface area contributed by atoms with Crippen molar-refractivity contribution >= 4 is 0 Å². The lowest BCUT2D eigenvalue weighted by Crippen LogP contribution is -2.45. The van der Waals surface area contributed by atoms with E-state index in [0.29, 0.717) is 5.56 Å². The molecule has 1 fully saturated rings. The van der Waals surface area contributed by atoms with E-state index in [2.05, 4.69) is 17.1 Å². The van der Waals surface area contributed by atoms with E-state index in [1.807, 2.05) is 0 Å². The summed E-state index contributed by atoms with van der Waals surface area (Å²) in [6.45, 7) is 7.33. The molecule has 2 rings (SSSR count). The lowest BCUT2D eigenvalue weighted by atomic mass is 9.95. The summed E-state index contributed by atoms with van der Waals surface area (Å²) >= 11 is 0. The van der Waals surface area contributed by atoms with E-state index in [1.54, 1.807) is 6.92 Å². The highest BCUT2D eigenvalue weighted by atomic mass is 19.1. The third kappa shape index (κ3) is 4.01. The quantitative estimate of drug-likeness (QED) is 0.803. The molecular formula is C17H26F2N2. The van der Waals surface area contributed by atoms with Crippen molar-refractivity contribution in [2.45, 2.75) is 45.6 Å². The van der Waals surface area contributed by atoms with Crippen LogP contribution >= 0.6 is 0 Å². The van der Waals surface area contributed by atoms with Gasteiger partial charge < -0.3 is 5.32 Å². The zero-order valence-corrected chi connectivity index (χ0v) is 13.1. The maximum absolute atomic E-state index is 14.5. The second kappa shape index (κ2) is 7.85. The Morgan fingerprint density at radius 2 is 1.90 bits per heavy atom. The lowest BCUT2D eigenvalue weighted by Gasteiger charge is -2.35. The largest absolute Gasteiger partial charge is 0.314 e. The highest BCUT2D eigenvalue weighted by Gasteiger charge is 2.27. The minimum atomic E-state index is -0.405. The van der Waals surface area contributed by atoms with E-state index < -0.39 is 5.82 Å². The predicted molar refractivity (Wildman–Crippen MR) is 82.4 cm³/mol. The molecule has 21 heavy (non-hydrogen) atoms. The smallest absolute Gasteiger partial charge is 0.133 e. The van der Waals surface area contributed by atoms with Crippen molar-refractivity contribution in [3.05, 3.63) is 34.9 Å². The first-order valence-electron chi connectivity index (χ1n) is 8.04. The van der Waals surface area contributed by atoms with Crippen molar-refractivity contribution in [3.63, 3.8) is 0 Å². The Hall–Kier alpha value is -1.00. The predicted octanol–water partition coefficient (Wildman–Crippen LogP) is 3.80. The van der Waals surface area contributed by atoms with Crippen molar-refractivity contribution in [2.24, 2.45) is 0 Å². The fourth-order valence-corrected chi connectivity index (χ4v) is 3.07. The summed E-state index contributed by atoms with van der Waals surface area (Å²) in [6, 6.07) is 2.79. The van der Waals surface area contributed by atoms with Crippen molar-refractivity contribution in [1.82, 2.24) is 10.2 Å². The van der Waals surface area contributed by atoms with Gasteiger partial charge in [0, 0.05) is 37.8 Å². The lowest BCUT2D eigenvalue weighted by molar-refractivity contribution is 0.156. The van der Waals surface area contributed by atoms with E-state index in [-0.39, 0.29) is 17.4 Å². The van der Waals surface area contributed by atoms with Gasteiger partial charge in [0.15, 0.2) is 0 Å². The summed E-state index contributed by atoms with van der Waals surface area (Å²) in [6.07, 6.45) is 4.06. The van der Waals surface area contributed by atoms with Crippen LogP contribution in [-0.2, 0) is 0 Å². The van der Waals surface area contributed by atoms with Gasteiger partial charge in [0.25, 0.3) is 0 Å². The van der Waals surface area contributed by atoms with Crippen LogP contribution < -0.4 is 5.32 Å². The standard InChI is InChI=1S/C17H26F2N2/c1-3-4-5-6-15(21-11-9-20-10-12-21)16-14(18)8-7-13(2)17(16)19/h7-8,15,20H,3-6,9-12H2,1-2H3/t15-/m1/s1. The number of halogens is 2. The van der Waals surface area contributed by atoms with E-state index in [9.17, 15) is 8.78 Å². The Morgan fingerprint density at radius 1 is 1.19 bits per heavy atom. The fraction of sp³-hybridized carbons (Fsp3) is 0.647. The normalized spacial score (nSPS) is 17.9. The van der Waals surface area contributed by atoms with Gasteiger partial charge in [-0.25, -0.2) is 8.78 Å². The van der Waals surface area contributed by atoms with Gasteiger partial charge in [-0.2, -0.15) is 0 Å². The molecule has 1 atom stereocenters. The van der Waals surface area contributed by atoms with Gasteiger partial charge >= 0.3 is 0 Å². The molecule has 0 amide bonds. The third-order valence-electron chi connectivity index (χ3n) is 4.33. The average Bonchev–Trinajstić information content (AvgIpc) is 2.51. The second-order valence-electron chi connectivity index (χ2n) is 5.89. The Bertz CT molecular complexity index is 456. The third-order valence-corrected chi connectivity index (χ3v) is 4.33. The molecular weight excluding hydrogens is 270 g/mol. The van der Waals surface area contributed by atoms with Crippen molar-refractivity contribution in [3.8, 4) is 0 Å². The van der Waals surface area contributed by atoms with E-state index >= 15 is 0 Å². The molecule has 0 bridgehead atoms. The summed E-state index contributed by atoms with van der Waals surface area (Å²) in [7, 11) is 0. The first-order valence-corrected chi connectivity index (χ1v) is 8.04. The zero-order valence-electron chi connectivity index (χ0n) is 13.1. The van der Waals surface area contributed by atoms with Crippen molar-refractivity contribution in [2.75, 3.05) is 26.2 Å². The fourth-order valence-electron chi connectivity index (χ4n) is 3.07. The number of nitrogens with zero attached hydrogens (tertiary/aromatic N) is 1. The van der Waals surface area contributed by atoms with Gasteiger partial charge in [-0.1, -0.05) is 32.3 Å². The molecule has 0 aromatic heterocycles. The Morgan fingerprint density at radius 3 is 2.57 bits per heavy atom. The number of hydrogen-bond donors (Lipinski definition) is 1. The molecule has 0 saturated carbocycles. The molecule has 0 unspecified atom stereocenters. The van der Waals surface area contributed by atoms with Gasteiger partial charge in [-0.15, -0.1) is 0 Å². The topological polar surface area (TPSA) is 15.3 Å². The maximum Gasteiger partial charge on any atom is 0.133 e. The van der Waals surface area contributed by atoms with Crippen molar-refractivity contribution in [1.29, 1.82) is 0 Å². The number of piperazine rings is 1. The summed E-state index contributed by atoms with van der Waals surface area (Å²) in [4.78, 5) is 2.23. The molecule has 1 aliphatic heterocycles. The summed E-state index contributed by atoms with van der Waals surface area (Å²) in [5, 5.41) is 3.30. The minimum Gasteiger partial charge on any atom is -0.314 e. The number of nitrogens with one attached hydrogen (secondary N) is 1. The summed E-state index contributed by atoms with van der Waals surface area (Å²) in [5.41, 5.74) is 0.801. The Balaban J connectivity index is 2.27. The number of aryl methyl sites for hydroxylation is 1. The number of unbranched alkanes of at least 4 members (excludes halogenated alkanes) is 2. The summed E-state index contributed by atoms with van der Waals surface area (Å²) < 4.78 is 28.8. The van der Waals surface area contributed by atoms with Crippen LogP contribution in [0.4, 0.5) is 8.78 Å². The van der Waals surface area contributed by atoms with E-state index in [1.165, 1.54) is 12.1 Å². The van der Waals surface area contributed by atoms with Crippen LogP contribution in [0.5, 0.6) is 0 Å². The van der Waals surface area contributed by atoms with Crippen molar-refractivity contribution < 1.29 is 8.78 Å². The maximum atomic E-state index is 14.5. The van der Waals surface area contributed by atoms with Gasteiger partial charge in [0.1, 0.15) is 11.6 Å². The number of benzene rings is 1. The Kier molecular flexibility index (Phi) is 6.12. The highest BCUT2D eigenvalue weighted by Crippen LogP contribution is 2.32. The molecule has 1 aliphatic rings. The molecule has 1 N–H and O–H groups in total. The SMILES string of the molecule is CCCCC[C@H](c1c(F)ccc(C)c1F)N1CCNCC1. The molecule has 1 heterocycles. The van der Waals surface area contributed by atoms with Crippen LogP contribution in [0.15, 0.2) is 12.1 Å². The van der Waals surface area contributed by atoms with Crippen LogP contribution in [0, 0.1) is 18.6 Å². The molecule has 118 valence electrons. The minimum absolute atomic E-state index is 0.140. The first kappa shape index (κ1) is 16.4. The van der Waals surface area contributed by atoms with Gasteiger partial charge in [-0.3, -0.25) is 4.90 Å². The van der Waals surface area contributed by atoms with Gasteiger partial charge in [0.2, 0.25) is 0 Å². The Labute approximate surface area is 126 Å². The first-order chi connectivity index (χ1) is 10.1.